The van der Waals surface area contributed by atoms with E-state index < -0.39 is 17.6 Å². The standard InChI is InChI=1S/C26H19Cl2F3N2O3S/c1-2-35-22-11-16(5-10-21(22)36-14-15-3-7-18(27)8-4-15)12-23-24(34)33-25(37-23)32-20-13-17(26(29,30)31)6-9-19(20)28/h3-13H,2,14H2,1H3,(H,32,33,34)/b23-12-. The number of rotatable bonds is 7. The van der Waals surface area contributed by atoms with E-state index in [1.54, 1.807) is 36.4 Å². The van der Waals surface area contributed by atoms with E-state index in [1.165, 1.54) is 0 Å². The Hall–Kier alpha value is -3.14. The molecule has 1 aliphatic rings. The number of nitrogens with one attached hydrogen (secondary N) is 1. The van der Waals surface area contributed by atoms with Gasteiger partial charge < -0.3 is 14.8 Å². The minimum Gasteiger partial charge on any atom is -0.490 e. The number of carbonyl (C=O) groups is 1. The molecule has 192 valence electrons. The van der Waals surface area contributed by atoms with Crippen LogP contribution in [0.25, 0.3) is 6.08 Å². The van der Waals surface area contributed by atoms with Gasteiger partial charge in [0.05, 0.1) is 27.8 Å². The molecule has 3 aromatic rings. The van der Waals surface area contributed by atoms with E-state index in [-0.39, 0.29) is 15.9 Å². The fraction of sp³-hybridized carbons (Fsp3) is 0.154. The fourth-order valence-corrected chi connectivity index (χ4v) is 4.38. The van der Waals surface area contributed by atoms with Crippen molar-refractivity contribution in [2.75, 3.05) is 6.61 Å². The summed E-state index contributed by atoms with van der Waals surface area (Å²) in [6.45, 7) is 2.56. The number of hydrogen-bond acceptors (Lipinski definition) is 5. The molecule has 11 heteroatoms. The Bertz CT molecular complexity index is 1380. The van der Waals surface area contributed by atoms with Crippen LogP contribution in [0.3, 0.4) is 0 Å². The van der Waals surface area contributed by atoms with Crippen LogP contribution in [0.2, 0.25) is 10.0 Å². The minimum absolute atomic E-state index is 0.0309. The molecular weight excluding hydrogens is 548 g/mol. The lowest BCUT2D eigenvalue weighted by Crippen LogP contribution is -2.19. The summed E-state index contributed by atoms with van der Waals surface area (Å²) in [5.41, 5.74) is 0.618. The molecule has 37 heavy (non-hydrogen) atoms. The number of amides is 1. The molecule has 0 aliphatic carbocycles. The van der Waals surface area contributed by atoms with Gasteiger partial charge in [0.2, 0.25) is 0 Å². The van der Waals surface area contributed by atoms with Crippen molar-refractivity contribution in [3.05, 3.63) is 92.3 Å². The number of halogens is 5. The molecule has 0 saturated carbocycles. The van der Waals surface area contributed by atoms with Gasteiger partial charge in [0.15, 0.2) is 16.7 Å². The molecular formula is C26H19Cl2F3N2O3S. The van der Waals surface area contributed by atoms with Crippen molar-refractivity contribution in [3.63, 3.8) is 0 Å². The number of hydrogen-bond donors (Lipinski definition) is 1. The average Bonchev–Trinajstić information content (AvgIpc) is 3.19. The van der Waals surface area contributed by atoms with Crippen LogP contribution in [0.4, 0.5) is 18.9 Å². The normalized spacial score (nSPS) is 15.8. The first-order valence-corrected chi connectivity index (χ1v) is 12.5. The van der Waals surface area contributed by atoms with E-state index in [4.69, 9.17) is 32.7 Å². The van der Waals surface area contributed by atoms with Gasteiger partial charge in [-0.3, -0.25) is 4.79 Å². The highest BCUT2D eigenvalue weighted by Gasteiger charge is 2.31. The molecule has 1 fully saturated rings. The van der Waals surface area contributed by atoms with Gasteiger partial charge in [0.25, 0.3) is 5.91 Å². The third-order valence-corrected chi connectivity index (χ3v) is 6.50. The van der Waals surface area contributed by atoms with Crippen molar-refractivity contribution in [2.45, 2.75) is 19.7 Å². The zero-order valence-electron chi connectivity index (χ0n) is 19.2. The zero-order chi connectivity index (χ0) is 26.6. The van der Waals surface area contributed by atoms with Gasteiger partial charge in [-0.2, -0.15) is 13.2 Å². The Labute approximate surface area is 225 Å². The van der Waals surface area contributed by atoms with E-state index in [0.29, 0.717) is 40.2 Å². The third kappa shape index (κ3) is 7.00. The average molecular weight is 567 g/mol. The topological polar surface area (TPSA) is 59.9 Å². The quantitative estimate of drug-likeness (QED) is 0.295. The van der Waals surface area contributed by atoms with Crippen LogP contribution >= 0.6 is 35.0 Å². The largest absolute Gasteiger partial charge is 0.490 e. The van der Waals surface area contributed by atoms with Gasteiger partial charge in [-0.25, -0.2) is 4.99 Å². The van der Waals surface area contributed by atoms with Crippen LogP contribution in [0.5, 0.6) is 11.5 Å². The summed E-state index contributed by atoms with van der Waals surface area (Å²) in [5, 5.41) is 3.33. The van der Waals surface area contributed by atoms with Crippen LogP contribution in [-0.2, 0) is 17.6 Å². The summed E-state index contributed by atoms with van der Waals surface area (Å²) >= 11 is 12.9. The van der Waals surface area contributed by atoms with Gasteiger partial charge in [-0.05, 0) is 78.4 Å². The molecule has 0 unspecified atom stereocenters. The molecule has 4 rings (SSSR count). The van der Waals surface area contributed by atoms with Gasteiger partial charge in [-0.1, -0.05) is 41.4 Å². The zero-order valence-corrected chi connectivity index (χ0v) is 21.6. The van der Waals surface area contributed by atoms with Crippen molar-refractivity contribution >= 4 is 57.8 Å². The van der Waals surface area contributed by atoms with E-state index >= 15 is 0 Å². The van der Waals surface area contributed by atoms with Gasteiger partial charge >= 0.3 is 6.18 Å². The second-order valence-electron chi connectivity index (χ2n) is 7.70. The van der Waals surface area contributed by atoms with E-state index in [0.717, 1.165) is 35.5 Å². The minimum atomic E-state index is -4.54. The molecule has 0 aromatic heterocycles. The van der Waals surface area contributed by atoms with Crippen molar-refractivity contribution < 1.29 is 27.4 Å². The summed E-state index contributed by atoms with van der Waals surface area (Å²) in [4.78, 5) is 16.9. The van der Waals surface area contributed by atoms with Crippen LogP contribution in [0.1, 0.15) is 23.6 Å². The van der Waals surface area contributed by atoms with Gasteiger partial charge in [0, 0.05) is 5.02 Å². The van der Waals surface area contributed by atoms with Crippen molar-refractivity contribution in [1.29, 1.82) is 0 Å². The van der Waals surface area contributed by atoms with Crippen LogP contribution in [-0.4, -0.2) is 17.7 Å². The second-order valence-corrected chi connectivity index (χ2v) is 9.57. The highest BCUT2D eigenvalue weighted by Crippen LogP contribution is 2.37. The molecule has 1 N–H and O–H groups in total. The molecule has 0 spiro atoms. The summed E-state index contributed by atoms with van der Waals surface area (Å²) in [6.07, 6.45) is -2.92. The maximum atomic E-state index is 13.0. The predicted octanol–water partition coefficient (Wildman–Crippen LogP) is 7.88. The van der Waals surface area contributed by atoms with Crippen LogP contribution < -0.4 is 14.8 Å². The smallest absolute Gasteiger partial charge is 0.416 e. The number of amidine groups is 1. The third-order valence-electron chi connectivity index (χ3n) is 5.02. The lowest BCUT2D eigenvalue weighted by Gasteiger charge is -2.13. The van der Waals surface area contributed by atoms with E-state index in [9.17, 15) is 18.0 Å². The number of ether oxygens (including phenoxy) is 2. The predicted molar refractivity (Wildman–Crippen MR) is 141 cm³/mol. The number of thioether (sulfide) groups is 1. The van der Waals surface area contributed by atoms with Crippen LogP contribution in [0, 0.1) is 0 Å². The second kappa shape index (κ2) is 11.5. The Morgan fingerprint density at radius 3 is 2.46 bits per heavy atom. The van der Waals surface area contributed by atoms with E-state index in [2.05, 4.69) is 10.3 Å². The number of nitrogens with zero attached hydrogens (tertiary/aromatic N) is 1. The summed E-state index contributed by atoms with van der Waals surface area (Å²) in [7, 11) is 0. The molecule has 1 saturated heterocycles. The molecule has 5 nitrogen and oxygen atoms in total. The molecule has 0 bridgehead atoms. The summed E-state index contributed by atoms with van der Waals surface area (Å²) in [6, 6.07) is 15.4. The van der Waals surface area contributed by atoms with Gasteiger partial charge in [-0.15, -0.1) is 0 Å². The maximum Gasteiger partial charge on any atom is 0.416 e. The first-order chi connectivity index (χ1) is 17.6. The lowest BCUT2D eigenvalue weighted by molar-refractivity contribution is -0.137. The first-order valence-electron chi connectivity index (χ1n) is 10.9. The first kappa shape index (κ1) is 26.9. The Balaban J connectivity index is 1.53. The highest BCUT2D eigenvalue weighted by atomic mass is 35.5. The summed E-state index contributed by atoms with van der Waals surface area (Å²) in [5.74, 6) is 0.593. The number of aliphatic imine (C=N–C) groups is 1. The van der Waals surface area contributed by atoms with Crippen molar-refractivity contribution in [3.8, 4) is 11.5 Å². The molecule has 0 atom stereocenters. The van der Waals surface area contributed by atoms with Crippen molar-refractivity contribution in [1.82, 2.24) is 5.32 Å². The van der Waals surface area contributed by atoms with Crippen LogP contribution in [0.15, 0.2) is 70.6 Å². The molecule has 1 aliphatic heterocycles. The Kier molecular flexibility index (Phi) is 8.36. The molecule has 1 amide bonds. The fourth-order valence-electron chi connectivity index (χ4n) is 3.26. The van der Waals surface area contributed by atoms with Gasteiger partial charge in [0.1, 0.15) is 6.61 Å². The molecule has 0 radical (unpaired) electrons. The van der Waals surface area contributed by atoms with Crippen molar-refractivity contribution in [2.24, 2.45) is 4.99 Å². The van der Waals surface area contributed by atoms with E-state index in [1.807, 2.05) is 19.1 Å². The molecule has 3 aromatic carbocycles. The monoisotopic (exact) mass is 566 g/mol. The maximum absolute atomic E-state index is 13.0. The molecule has 1 heterocycles. The Morgan fingerprint density at radius 2 is 1.76 bits per heavy atom. The summed E-state index contributed by atoms with van der Waals surface area (Å²) < 4.78 is 50.8. The number of carbonyl (C=O) groups excluding carboxylic acids is 1. The highest BCUT2D eigenvalue weighted by molar-refractivity contribution is 8.18. The lowest BCUT2D eigenvalue weighted by atomic mass is 10.2. The number of benzene rings is 3. The number of alkyl halides is 3. The SMILES string of the molecule is CCOc1cc(/C=C2\SC(=Nc3cc(C(F)(F)F)ccc3Cl)NC2=O)ccc1OCc1ccc(Cl)cc1. The Morgan fingerprint density at radius 1 is 1.00 bits per heavy atom.